The number of hydrogen-bond donors (Lipinski definition) is 0. The van der Waals surface area contributed by atoms with E-state index in [-0.39, 0.29) is 23.9 Å². The molecule has 35 heavy (non-hydrogen) atoms. The minimum atomic E-state index is -3.70. The number of carbonyl (C=O) groups is 1. The third-order valence-electron chi connectivity index (χ3n) is 5.84. The maximum absolute atomic E-state index is 13.1. The third kappa shape index (κ3) is 5.20. The van der Waals surface area contributed by atoms with Gasteiger partial charge in [-0.2, -0.15) is 4.31 Å². The molecule has 5 rings (SSSR count). The van der Waals surface area contributed by atoms with E-state index in [9.17, 15) is 13.2 Å². The van der Waals surface area contributed by atoms with Crippen LogP contribution in [0.25, 0.3) is 6.08 Å². The number of nitrogens with zero attached hydrogens (tertiary/aromatic N) is 5. The van der Waals surface area contributed by atoms with Crippen molar-refractivity contribution in [1.82, 2.24) is 24.2 Å². The smallest absolute Gasteiger partial charge is 0.246 e. The highest BCUT2D eigenvalue weighted by Gasteiger charge is 2.30. The highest BCUT2D eigenvalue weighted by Crippen LogP contribution is 2.33. The number of carbonyl (C=O) groups excluding carboxylic acids is 1. The molecule has 0 radical (unpaired) electrons. The number of piperazine rings is 1. The minimum Gasteiger partial charge on any atom is -0.486 e. The first kappa shape index (κ1) is 23.1. The van der Waals surface area contributed by atoms with Crippen molar-refractivity contribution in [1.29, 1.82) is 0 Å². The fraction of sp³-hybridized carbons (Fsp3) is 0.292. The van der Waals surface area contributed by atoms with E-state index in [2.05, 4.69) is 10.3 Å². The summed E-state index contributed by atoms with van der Waals surface area (Å²) >= 11 is 0. The van der Waals surface area contributed by atoms with Crippen LogP contribution in [0.2, 0.25) is 0 Å². The molecule has 1 aromatic heterocycles. The van der Waals surface area contributed by atoms with Crippen LogP contribution in [0.4, 0.5) is 0 Å². The van der Waals surface area contributed by atoms with Crippen LogP contribution in [0.5, 0.6) is 11.5 Å². The number of amides is 1. The van der Waals surface area contributed by atoms with Gasteiger partial charge >= 0.3 is 0 Å². The first-order valence-corrected chi connectivity index (χ1v) is 12.7. The van der Waals surface area contributed by atoms with Gasteiger partial charge in [0.2, 0.25) is 15.9 Å². The Morgan fingerprint density at radius 2 is 1.71 bits per heavy atom. The van der Waals surface area contributed by atoms with Crippen molar-refractivity contribution in [2.45, 2.75) is 11.4 Å². The van der Waals surface area contributed by atoms with E-state index in [0.717, 1.165) is 5.56 Å². The number of ether oxygens (including phenoxy) is 2. The van der Waals surface area contributed by atoms with Gasteiger partial charge in [-0.05, 0) is 23.8 Å². The molecule has 10 nitrogen and oxygen atoms in total. The SMILES string of the molecule is O=C(/C=C/c1cn(Cc2ccccc2)nn1)N1CCN(S(=O)(=O)c2ccc3c(c2)OCCO3)CC1. The van der Waals surface area contributed by atoms with Crippen LogP contribution >= 0.6 is 0 Å². The van der Waals surface area contributed by atoms with Gasteiger partial charge in [-0.15, -0.1) is 5.10 Å². The molecule has 182 valence electrons. The lowest BCUT2D eigenvalue weighted by molar-refractivity contribution is -0.127. The Morgan fingerprint density at radius 1 is 0.971 bits per heavy atom. The molecule has 0 bridgehead atoms. The minimum absolute atomic E-state index is 0.153. The summed E-state index contributed by atoms with van der Waals surface area (Å²) in [6.07, 6.45) is 4.84. The second kappa shape index (κ2) is 9.88. The predicted octanol–water partition coefficient (Wildman–Crippen LogP) is 1.64. The predicted molar refractivity (Wildman–Crippen MR) is 127 cm³/mol. The normalized spacial score (nSPS) is 16.5. The molecule has 2 aliphatic rings. The molecule has 3 aromatic rings. The molecule has 2 aromatic carbocycles. The van der Waals surface area contributed by atoms with Gasteiger partial charge in [0, 0.05) is 38.3 Å². The van der Waals surface area contributed by atoms with Crippen LogP contribution < -0.4 is 9.47 Å². The molecule has 0 atom stereocenters. The van der Waals surface area contributed by atoms with Crippen LogP contribution in [0, 0.1) is 0 Å². The van der Waals surface area contributed by atoms with E-state index in [1.54, 1.807) is 27.9 Å². The Morgan fingerprint density at radius 3 is 2.49 bits per heavy atom. The Hall–Kier alpha value is -3.70. The van der Waals surface area contributed by atoms with E-state index in [1.807, 2.05) is 30.3 Å². The molecule has 0 unspecified atom stereocenters. The van der Waals surface area contributed by atoms with E-state index < -0.39 is 10.0 Å². The second-order valence-electron chi connectivity index (χ2n) is 8.19. The summed E-state index contributed by atoms with van der Waals surface area (Å²) < 4.78 is 40.3. The van der Waals surface area contributed by atoms with Crippen LogP contribution in [0.1, 0.15) is 11.3 Å². The lowest BCUT2D eigenvalue weighted by Gasteiger charge is -2.33. The van der Waals surface area contributed by atoms with Gasteiger partial charge in [0.15, 0.2) is 11.5 Å². The number of benzene rings is 2. The second-order valence-corrected chi connectivity index (χ2v) is 10.1. The van der Waals surface area contributed by atoms with Crippen molar-refractivity contribution in [2.75, 3.05) is 39.4 Å². The summed E-state index contributed by atoms with van der Waals surface area (Å²) in [4.78, 5) is 14.4. The molecule has 0 N–H and O–H groups in total. The number of rotatable bonds is 6. The number of fused-ring (bicyclic) bond motifs is 1. The fourth-order valence-corrected chi connectivity index (χ4v) is 5.42. The lowest BCUT2D eigenvalue weighted by atomic mass is 10.2. The van der Waals surface area contributed by atoms with Gasteiger partial charge in [0.25, 0.3) is 0 Å². The zero-order valence-electron chi connectivity index (χ0n) is 19.0. The molecule has 1 amide bonds. The first-order chi connectivity index (χ1) is 17.0. The molecule has 1 saturated heterocycles. The monoisotopic (exact) mass is 495 g/mol. The van der Waals surface area contributed by atoms with Gasteiger partial charge in [0.05, 0.1) is 17.6 Å². The largest absolute Gasteiger partial charge is 0.486 e. The Kier molecular flexibility index (Phi) is 6.51. The molecular formula is C24H25N5O5S. The topological polar surface area (TPSA) is 107 Å². The van der Waals surface area contributed by atoms with Gasteiger partial charge in [0.1, 0.15) is 18.9 Å². The van der Waals surface area contributed by atoms with Crippen molar-refractivity contribution in [3.8, 4) is 11.5 Å². The van der Waals surface area contributed by atoms with E-state index in [0.29, 0.717) is 50.0 Å². The Balaban J connectivity index is 1.17. The standard InChI is InChI=1S/C24H25N5O5S/c30-24(9-6-20-18-28(26-25-20)17-19-4-2-1-3-5-19)27-10-12-29(13-11-27)35(31,32)21-7-8-22-23(16-21)34-15-14-33-22/h1-9,16,18H,10-15,17H2/b9-6+. The highest BCUT2D eigenvalue weighted by atomic mass is 32.2. The summed E-state index contributed by atoms with van der Waals surface area (Å²) in [5.74, 6) is 0.772. The van der Waals surface area contributed by atoms with Crippen molar-refractivity contribution in [3.63, 3.8) is 0 Å². The van der Waals surface area contributed by atoms with Crippen LogP contribution in [0.15, 0.2) is 65.7 Å². The summed E-state index contributed by atoms with van der Waals surface area (Å²) in [5.41, 5.74) is 1.68. The molecule has 0 spiro atoms. The van der Waals surface area contributed by atoms with Gasteiger partial charge in [-0.3, -0.25) is 4.79 Å². The molecule has 3 heterocycles. The Labute approximate surface area is 203 Å². The summed E-state index contributed by atoms with van der Waals surface area (Å²) in [6, 6.07) is 14.5. The lowest BCUT2D eigenvalue weighted by Crippen LogP contribution is -2.50. The molecule has 0 saturated carbocycles. The molecular weight excluding hydrogens is 470 g/mol. The van der Waals surface area contributed by atoms with Gasteiger partial charge < -0.3 is 14.4 Å². The van der Waals surface area contributed by atoms with Gasteiger partial charge in [-0.25, -0.2) is 13.1 Å². The molecule has 1 fully saturated rings. The molecule has 11 heteroatoms. The van der Waals surface area contributed by atoms with Crippen molar-refractivity contribution >= 4 is 22.0 Å². The van der Waals surface area contributed by atoms with E-state index >= 15 is 0 Å². The fourth-order valence-electron chi connectivity index (χ4n) is 3.98. The van der Waals surface area contributed by atoms with Crippen LogP contribution in [-0.2, 0) is 21.4 Å². The summed E-state index contributed by atoms with van der Waals surface area (Å²) in [6.45, 7) is 2.44. The highest BCUT2D eigenvalue weighted by molar-refractivity contribution is 7.89. The third-order valence-corrected chi connectivity index (χ3v) is 7.74. The van der Waals surface area contributed by atoms with E-state index in [4.69, 9.17) is 9.47 Å². The zero-order valence-corrected chi connectivity index (χ0v) is 19.8. The summed E-state index contributed by atoms with van der Waals surface area (Å²) in [7, 11) is -3.70. The van der Waals surface area contributed by atoms with Crippen molar-refractivity contribution in [3.05, 3.63) is 72.1 Å². The number of hydrogen-bond acceptors (Lipinski definition) is 7. The average Bonchev–Trinajstić information content (AvgIpc) is 3.34. The quantitative estimate of drug-likeness (QED) is 0.479. The maximum Gasteiger partial charge on any atom is 0.246 e. The Bertz CT molecular complexity index is 1330. The number of sulfonamides is 1. The van der Waals surface area contributed by atoms with E-state index in [1.165, 1.54) is 22.5 Å². The molecule has 0 aliphatic carbocycles. The average molecular weight is 496 g/mol. The van der Waals surface area contributed by atoms with Crippen molar-refractivity contribution in [2.24, 2.45) is 0 Å². The van der Waals surface area contributed by atoms with Crippen molar-refractivity contribution < 1.29 is 22.7 Å². The number of aromatic nitrogens is 3. The van der Waals surface area contributed by atoms with Crippen LogP contribution in [-0.4, -0.2) is 77.9 Å². The van der Waals surface area contributed by atoms with Crippen LogP contribution in [0.3, 0.4) is 0 Å². The first-order valence-electron chi connectivity index (χ1n) is 11.3. The zero-order chi connectivity index (χ0) is 24.3. The summed E-state index contributed by atoms with van der Waals surface area (Å²) in [5, 5.41) is 8.18. The maximum atomic E-state index is 13.1. The molecule has 2 aliphatic heterocycles. The van der Waals surface area contributed by atoms with Gasteiger partial charge in [-0.1, -0.05) is 35.5 Å².